The van der Waals surface area contributed by atoms with E-state index >= 15 is 0 Å². The van der Waals surface area contributed by atoms with Crippen molar-refractivity contribution in [1.82, 2.24) is 4.90 Å². The number of halogens is 2. The van der Waals surface area contributed by atoms with Gasteiger partial charge in [0, 0.05) is 18.2 Å². The highest BCUT2D eigenvalue weighted by atomic mass is 35.5. The lowest BCUT2D eigenvalue weighted by atomic mass is 10.2. The van der Waals surface area contributed by atoms with Crippen molar-refractivity contribution in [2.24, 2.45) is 0 Å². The Labute approximate surface area is 122 Å². The molecule has 0 aliphatic rings. The van der Waals surface area contributed by atoms with Crippen LogP contribution in [0.5, 0.6) is 0 Å². The van der Waals surface area contributed by atoms with E-state index in [0.717, 1.165) is 13.0 Å². The highest BCUT2D eigenvalue weighted by Crippen LogP contribution is 2.35. The second-order valence-electron chi connectivity index (χ2n) is 4.68. The number of nitro benzene ring substituents is 1. The first-order valence-electron chi connectivity index (χ1n) is 5.86. The molecule has 0 aliphatic heterocycles. The van der Waals surface area contributed by atoms with E-state index < -0.39 is 4.92 Å². The molecule has 1 aromatic carbocycles. The summed E-state index contributed by atoms with van der Waals surface area (Å²) in [6, 6.07) is 2.77. The zero-order valence-corrected chi connectivity index (χ0v) is 12.6. The summed E-state index contributed by atoms with van der Waals surface area (Å²) in [5.41, 5.74) is 0.432. The molecule has 19 heavy (non-hydrogen) atoms. The van der Waals surface area contributed by atoms with E-state index in [4.69, 9.17) is 23.2 Å². The average Bonchev–Trinajstić information content (AvgIpc) is 2.30. The van der Waals surface area contributed by atoms with Crippen molar-refractivity contribution in [3.05, 3.63) is 32.3 Å². The molecule has 0 saturated heterocycles. The van der Waals surface area contributed by atoms with Gasteiger partial charge < -0.3 is 10.2 Å². The molecular formula is C12H17Cl2N3O2. The first kappa shape index (κ1) is 16.0. The van der Waals surface area contributed by atoms with Gasteiger partial charge in [-0.15, -0.1) is 0 Å². The SMILES string of the molecule is CC(CCN(C)C)Nc1c(Cl)cc([N+](=O)[O-])cc1Cl. The zero-order chi connectivity index (χ0) is 14.6. The molecule has 106 valence electrons. The summed E-state index contributed by atoms with van der Waals surface area (Å²) >= 11 is 12.0. The Morgan fingerprint density at radius 2 is 1.89 bits per heavy atom. The van der Waals surface area contributed by atoms with Crippen LogP contribution in [0.2, 0.25) is 10.0 Å². The highest BCUT2D eigenvalue weighted by Gasteiger charge is 2.16. The lowest BCUT2D eigenvalue weighted by Gasteiger charge is -2.19. The van der Waals surface area contributed by atoms with Gasteiger partial charge in [0.05, 0.1) is 20.7 Å². The minimum Gasteiger partial charge on any atom is -0.380 e. The molecular weight excluding hydrogens is 289 g/mol. The van der Waals surface area contributed by atoms with Crippen molar-refractivity contribution >= 4 is 34.6 Å². The van der Waals surface area contributed by atoms with Crippen LogP contribution in [0.3, 0.4) is 0 Å². The Kier molecular flexibility index (Phi) is 5.85. The van der Waals surface area contributed by atoms with Crippen LogP contribution < -0.4 is 5.32 Å². The maximum Gasteiger partial charge on any atom is 0.272 e. The van der Waals surface area contributed by atoms with E-state index in [1.807, 2.05) is 21.0 Å². The lowest BCUT2D eigenvalue weighted by molar-refractivity contribution is -0.384. The monoisotopic (exact) mass is 305 g/mol. The lowest BCUT2D eigenvalue weighted by Crippen LogP contribution is -2.23. The summed E-state index contributed by atoms with van der Waals surface area (Å²) in [5.74, 6) is 0. The molecule has 0 amide bonds. The van der Waals surface area contributed by atoms with Crippen LogP contribution >= 0.6 is 23.2 Å². The second kappa shape index (κ2) is 6.93. The second-order valence-corrected chi connectivity index (χ2v) is 5.49. The number of hydrogen-bond donors (Lipinski definition) is 1. The fourth-order valence-electron chi connectivity index (χ4n) is 1.57. The third kappa shape index (κ3) is 4.86. The van der Waals surface area contributed by atoms with Gasteiger partial charge in [0.25, 0.3) is 5.69 Å². The maximum absolute atomic E-state index is 10.7. The smallest absolute Gasteiger partial charge is 0.272 e. The van der Waals surface area contributed by atoms with E-state index in [-0.39, 0.29) is 21.8 Å². The van der Waals surface area contributed by atoms with Crippen LogP contribution in [-0.4, -0.2) is 36.5 Å². The van der Waals surface area contributed by atoms with Crippen LogP contribution in [-0.2, 0) is 0 Å². The Morgan fingerprint density at radius 1 is 1.37 bits per heavy atom. The summed E-state index contributed by atoms with van der Waals surface area (Å²) in [5, 5.41) is 14.4. The number of anilines is 1. The molecule has 0 heterocycles. The van der Waals surface area contributed by atoms with Crippen molar-refractivity contribution in [2.75, 3.05) is 26.0 Å². The van der Waals surface area contributed by atoms with Crippen LogP contribution in [0.15, 0.2) is 12.1 Å². The summed E-state index contributed by atoms with van der Waals surface area (Å²) in [6.45, 7) is 2.94. The minimum atomic E-state index is -0.517. The Balaban J connectivity index is 2.81. The molecule has 1 aromatic rings. The van der Waals surface area contributed by atoms with E-state index in [1.165, 1.54) is 12.1 Å². The standard InChI is InChI=1S/C12H17Cl2N3O2/c1-8(4-5-16(2)3)15-12-10(13)6-9(17(18)19)7-11(12)14/h6-8,15H,4-5H2,1-3H3. The van der Waals surface area contributed by atoms with Crippen molar-refractivity contribution in [3.63, 3.8) is 0 Å². The van der Waals surface area contributed by atoms with E-state index in [0.29, 0.717) is 5.69 Å². The average molecular weight is 306 g/mol. The van der Waals surface area contributed by atoms with Gasteiger partial charge in [-0.3, -0.25) is 10.1 Å². The number of nitrogens with zero attached hydrogens (tertiary/aromatic N) is 2. The zero-order valence-electron chi connectivity index (χ0n) is 11.1. The third-order valence-corrected chi connectivity index (χ3v) is 3.23. The number of rotatable bonds is 6. The number of nitrogens with one attached hydrogen (secondary N) is 1. The molecule has 0 aromatic heterocycles. The van der Waals surface area contributed by atoms with E-state index in [9.17, 15) is 10.1 Å². The third-order valence-electron chi connectivity index (χ3n) is 2.64. The first-order chi connectivity index (χ1) is 8.81. The molecule has 0 bridgehead atoms. The van der Waals surface area contributed by atoms with Gasteiger partial charge in [0.1, 0.15) is 0 Å². The first-order valence-corrected chi connectivity index (χ1v) is 6.61. The van der Waals surface area contributed by atoms with Crippen LogP contribution in [0.25, 0.3) is 0 Å². The Hall–Kier alpha value is -1.04. The molecule has 0 radical (unpaired) electrons. The van der Waals surface area contributed by atoms with Crippen LogP contribution in [0.4, 0.5) is 11.4 Å². The quantitative estimate of drug-likeness (QED) is 0.644. The Bertz CT molecular complexity index is 443. The molecule has 5 nitrogen and oxygen atoms in total. The summed E-state index contributed by atoms with van der Waals surface area (Å²) < 4.78 is 0. The van der Waals surface area contributed by atoms with Crippen LogP contribution in [0, 0.1) is 10.1 Å². The number of nitro groups is 1. The van der Waals surface area contributed by atoms with Gasteiger partial charge in [-0.25, -0.2) is 0 Å². The molecule has 7 heteroatoms. The van der Waals surface area contributed by atoms with Crippen molar-refractivity contribution in [2.45, 2.75) is 19.4 Å². The Morgan fingerprint density at radius 3 is 2.32 bits per heavy atom. The molecule has 0 aliphatic carbocycles. The van der Waals surface area contributed by atoms with Gasteiger partial charge in [0.15, 0.2) is 0 Å². The number of non-ortho nitro benzene ring substituents is 1. The molecule has 1 atom stereocenters. The van der Waals surface area contributed by atoms with Gasteiger partial charge >= 0.3 is 0 Å². The predicted molar refractivity (Wildman–Crippen MR) is 79.4 cm³/mol. The molecule has 0 fully saturated rings. The van der Waals surface area contributed by atoms with Gasteiger partial charge in [0.2, 0.25) is 0 Å². The largest absolute Gasteiger partial charge is 0.380 e. The molecule has 0 saturated carbocycles. The van der Waals surface area contributed by atoms with Gasteiger partial charge in [-0.05, 0) is 34.0 Å². The van der Waals surface area contributed by atoms with Crippen LogP contribution in [0.1, 0.15) is 13.3 Å². The van der Waals surface area contributed by atoms with Crippen molar-refractivity contribution in [1.29, 1.82) is 0 Å². The highest BCUT2D eigenvalue weighted by molar-refractivity contribution is 6.39. The predicted octanol–water partition coefficient (Wildman–Crippen LogP) is 3.65. The molecule has 1 unspecified atom stereocenters. The number of hydrogen-bond acceptors (Lipinski definition) is 4. The summed E-state index contributed by atoms with van der Waals surface area (Å²) in [6.07, 6.45) is 0.913. The fraction of sp³-hybridized carbons (Fsp3) is 0.500. The number of benzene rings is 1. The molecule has 1 N–H and O–H groups in total. The maximum atomic E-state index is 10.7. The van der Waals surface area contributed by atoms with Crippen molar-refractivity contribution in [3.8, 4) is 0 Å². The van der Waals surface area contributed by atoms with Crippen molar-refractivity contribution < 1.29 is 4.92 Å². The molecule has 0 spiro atoms. The topological polar surface area (TPSA) is 58.4 Å². The van der Waals surface area contributed by atoms with E-state index in [2.05, 4.69) is 10.2 Å². The van der Waals surface area contributed by atoms with E-state index in [1.54, 1.807) is 0 Å². The normalized spacial score (nSPS) is 12.5. The fourth-order valence-corrected chi connectivity index (χ4v) is 2.16. The van der Waals surface area contributed by atoms with Gasteiger partial charge in [-0.1, -0.05) is 23.2 Å². The molecule has 1 rings (SSSR count). The summed E-state index contributed by atoms with van der Waals surface area (Å²) in [4.78, 5) is 12.2. The minimum absolute atomic E-state index is 0.110. The summed E-state index contributed by atoms with van der Waals surface area (Å²) in [7, 11) is 4.00. The van der Waals surface area contributed by atoms with Gasteiger partial charge in [-0.2, -0.15) is 0 Å².